The summed E-state index contributed by atoms with van der Waals surface area (Å²) in [4.78, 5) is 12.0. The smallest absolute Gasteiger partial charge is 0.227 e. The Balaban J connectivity index is 1.70. The van der Waals surface area contributed by atoms with E-state index in [4.69, 9.17) is 14.7 Å². The van der Waals surface area contributed by atoms with E-state index in [0.717, 1.165) is 47.5 Å². The summed E-state index contributed by atoms with van der Waals surface area (Å²) < 4.78 is 5.34. The molecule has 5 nitrogen and oxygen atoms in total. The molecule has 144 valence electrons. The Kier molecular flexibility index (Phi) is 5.71. The molecule has 2 heterocycles. The highest BCUT2D eigenvalue weighted by atomic mass is 16.5. The Labute approximate surface area is 166 Å². The van der Waals surface area contributed by atoms with Gasteiger partial charge in [0, 0.05) is 36.5 Å². The van der Waals surface area contributed by atoms with Crippen LogP contribution in [0.25, 0.3) is 11.3 Å². The summed E-state index contributed by atoms with van der Waals surface area (Å²) in [5, 5.41) is 3.43. The lowest BCUT2D eigenvalue weighted by atomic mass is 10.1. The van der Waals surface area contributed by atoms with Crippen LogP contribution >= 0.6 is 0 Å². The molecule has 0 amide bonds. The quantitative estimate of drug-likeness (QED) is 0.659. The van der Waals surface area contributed by atoms with Gasteiger partial charge in [-0.25, -0.2) is 4.98 Å². The average molecular weight is 374 g/mol. The van der Waals surface area contributed by atoms with Crippen LogP contribution in [-0.4, -0.2) is 30.2 Å². The van der Waals surface area contributed by atoms with E-state index in [1.807, 2.05) is 48.5 Å². The average Bonchev–Trinajstić information content (AvgIpc) is 3.04. The molecule has 28 heavy (non-hydrogen) atoms. The van der Waals surface area contributed by atoms with Gasteiger partial charge in [-0.2, -0.15) is 4.98 Å². The van der Waals surface area contributed by atoms with E-state index in [2.05, 4.69) is 22.3 Å². The zero-order valence-electron chi connectivity index (χ0n) is 16.3. The number of nitrogens with zero attached hydrogens (tertiary/aromatic N) is 3. The van der Waals surface area contributed by atoms with Crippen molar-refractivity contribution in [3.63, 3.8) is 0 Å². The first-order valence-corrected chi connectivity index (χ1v) is 9.92. The van der Waals surface area contributed by atoms with Gasteiger partial charge in [0.05, 0.1) is 12.8 Å². The normalized spacial score (nSPS) is 14.4. The summed E-state index contributed by atoms with van der Waals surface area (Å²) in [7, 11) is 1.68. The minimum absolute atomic E-state index is 0.793. The van der Waals surface area contributed by atoms with Gasteiger partial charge in [0.2, 0.25) is 5.95 Å². The van der Waals surface area contributed by atoms with Gasteiger partial charge in [-0.1, -0.05) is 49.2 Å². The first-order chi connectivity index (χ1) is 13.8. The molecule has 5 heteroatoms. The maximum absolute atomic E-state index is 5.34. The van der Waals surface area contributed by atoms with Gasteiger partial charge in [0.1, 0.15) is 11.6 Å². The third-order valence-electron chi connectivity index (χ3n) is 5.01. The van der Waals surface area contributed by atoms with E-state index in [9.17, 15) is 0 Å². The summed E-state index contributed by atoms with van der Waals surface area (Å²) in [6, 6.07) is 20.2. The van der Waals surface area contributed by atoms with Crippen LogP contribution in [0.15, 0.2) is 60.7 Å². The Morgan fingerprint density at radius 1 is 0.857 bits per heavy atom. The molecule has 0 bridgehead atoms. The van der Waals surface area contributed by atoms with Crippen LogP contribution in [0.2, 0.25) is 0 Å². The van der Waals surface area contributed by atoms with Crippen molar-refractivity contribution in [3.05, 3.63) is 60.7 Å². The molecule has 1 fully saturated rings. The zero-order valence-corrected chi connectivity index (χ0v) is 16.3. The van der Waals surface area contributed by atoms with E-state index in [1.54, 1.807) is 7.11 Å². The predicted molar refractivity (Wildman–Crippen MR) is 114 cm³/mol. The second-order valence-electron chi connectivity index (χ2n) is 7.06. The molecule has 1 N–H and O–H groups in total. The first-order valence-electron chi connectivity index (χ1n) is 9.92. The van der Waals surface area contributed by atoms with E-state index >= 15 is 0 Å². The van der Waals surface area contributed by atoms with E-state index in [1.165, 1.54) is 25.7 Å². The maximum atomic E-state index is 5.34. The molecule has 0 radical (unpaired) electrons. The lowest BCUT2D eigenvalue weighted by molar-refractivity contribution is 0.415. The molecule has 2 aromatic carbocycles. The van der Waals surface area contributed by atoms with Crippen LogP contribution in [0.3, 0.4) is 0 Å². The molecular weight excluding hydrogens is 348 g/mol. The first kappa shape index (κ1) is 18.3. The minimum atomic E-state index is 0.793. The highest BCUT2D eigenvalue weighted by molar-refractivity contribution is 5.68. The Morgan fingerprint density at radius 2 is 1.64 bits per heavy atom. The largest absolute Gasteiger partial charge is 0.497 e. The number of hydrogen-bond acceptors (Lipinski definition) is 5. The highest BCUT2D eigenvalue weighted by Gasteiger charge is 2.15. The van der Waals surface area contributed by atoms with Crippen LogP contribution in [0, 0.1) is 0 Å². The van der Waals surface area contributed by atoms with Crippen molar-refractivity contribution in [3.8, 4) is 17.0 Å². The lowest BCUT2D eigenvalue weighted by Crippen LogP contribution is -2.26. The number of anilines is 3. The Bertz CT molecular complexity index is 905. The standard InChI is InChI=1S/C23H26N4O/c1-28-20-13-9-12-19(16-20)24-22-17-21(18-10-5-4-6-11-18)25-23(26-22)27-14-7-2-3-8-15-27/h4-6,9-13,16-17H,2-3,7-8,14-15H2,1H3,(H,24,25,26). The molecule has 3 aromatic rings. The van der Waals surface area contributed by atoms with Crippen LogP contribution < -0.4 is 15.0 Å². The third-order valence-corrected chi connectivity index (χ3v) is 5.01. The molecule has 0 unspecified atom stereocenters. The predicted octanol–water partition coefficient (Wildman–Crippen LogP) is 5.28. The molecule has 1 aliphatic heterocycles. The van der Waals surface area contributed by atoms with Crippen molar-refractivity contribution in [2.24, 2.45) is 0 Å². The summed E-state index contributed by atoms with van der Waals surface area (Å²) in [5.41, 5.74) is 2.97. The fourth-order valence-electron chi connectivity index (χ4n) is 3.52. The van der Waals surface area contributed by atoms with Crippen molar-refractivity contribution in [2.75, 3.05) is 30.4 Å². The summed E-state index contributed by atoms with van der Waals surface area (Å²) >= 11 is 0. The van der Waals surface area contributed by atoms with Gasteiger partial charge in [0.25, 0.3) is 0 Å². The number of benzene rings is 2. The fourth-order valence-corrected chi connectivity index (χ4v) is 3.52. The van der Waals surface area contributed by atoms with Crippen LogP contribution in [0.4, 0.5) is 17.5 Å². The fraction of sp³-hybridized carbons (Fsp3) is 0.304. The second-order valence-corrected chi connectivity index (χ2v) is 7.06. The molecule has 0 aliphatic carbocycles. The number of aromatic nitrogens is 2. The monoisotopic (exact) mass is 374 g/mol. The molecule has 1 aliphatic rings. The van der Waals surface area contributed by atoms with Crippen LogP contribution in [-0.2, 0) is 0 Å². The lowest BCUT2D eigenvalue weighted by Gasteiger charge is -2.22. The topological polar surface area (TPSA) is 50.3 Å². The molecule has 0 saturated carbocycles. The molecule has 0 atom stereocenters. The minimum Gasteiger partial charge on any atom is -0.497 e. The highest BCUT2D eigenvalue weighted by Crippen LogP contribution is 2.27. The zero-order chi connectivity index (χ0) is 19.2. The van der Waals surface area contributed by atoms with Crippen LogP contribution in [0.5, 0.6) is 5.75 Å². The number of hydrogen-bond donors (Lipinski definition) is 1. The SMILES string of the molecule is COc1cccc(Nc2cc(-c3ccccc3)nc(N3CCCCCC3)n2)c1. The maximum Gasteiger partial charge on any atom is 0.227 e. The van der Waals surface area contributed by atoms with Gasteiger partial charge < -0.3 is 15.0 Å². The van der Waals surface area contributed by atoms with Gasteiger partial charge in [-0.05, 0) is 25.0 Å². The number of ether oxygens (including phenoxy) is 1. The Morgan fingerprint density at radius 3 is 2.39 bits per heavy atom. The van der Waals surface area contributed by atoms with E-state index in [0.29, 0.717) is 0 Å². The summed E-state index contributed by atoms with van der Waals surface area (Å²) in [5.74, 6) is 2.41. The van der Waals surface area contributed by atoms with E-state index < -0.39 is 0 Å². The summed E-state index contributed by atoms with van der Waals surface area (Å²) in [6.45, 7) is 2.02. The van der Waals surface area contributed by atoms with Gasteiger partial charge in [-0.15, -0.1) is 0 Å². The van der Waals surface area contributed by atoms with Crippen molar-refractivity contribution in [2.45, 2.75) is 25.7 Å². The molecule has 4 rings (SSSR count). The summed E-state index contributed by atoms with van der Waals surface area (Å²) in [6.07, 6.45) is 4.95. The van der Waals surface area contributed by atoms with Gasteiger partial charge >= 0.3 is 0 Å². The van der Waals surface area contributed by atoms with Crippen LogP contribution in [0.1, 0.15) is 25.7 Å². The number of methoxy groups -OCH3 is 1. The van der Waals surface area contributed by atoms with Gasteiger partial charge in [-0.3, -0.25) is 0 Å². The number of rotatable bonds is 5. The Hall–Kier alpha value is -3.08. The number of nitrogens with one attached hydrogen (secondary N) is 1. The van der Waals surface area contributed by atoms with Crippen molar-refractivity contribution in [1.29, 1.82) is 0 Å². The molecular formula is C23H26N4O. The molecule has 0 spiro atoms. The third kappa shape index (κ3) is 4.42. The van der Waals surface area contributed by atoms with Gasteiger partial charge in [0.15, 0.2) is 0 Å². The van der Waals surface area contributed by atoms with E-state index in [-0.39, 0.29) is 0 Å². The second kappa shape index (κ2) is 8.74. The van der Waals surface area contributed by atoms with Crippen molar-refractivity contribution < 1.29 is 4.74 Å². The molecule has 1 aromatic heterocycles. The van der Waals surface area contributed by atoms with Crippen molar-refractivity contribution in [1.82, 2.24) is 9.97 Å². The van der Waals surface area contributed by atoms with Crippen molar-refractivity contribution >= 4 is 17.5 Å². The molecule has 1 saturated heterocycles.